The van der Waals surface area contributed by atoms with Crippen LogP contribution in [0.25, 0.3) is 0 Å². The summed E-state index contributed by atoms with van der Waals surface area (Å²) in [5, 5.41) is 15.4. The Kier molecular flexibility index (Phi) is 23.2. The van der Waals surface area contributed by atoms with Gasteiger partial charge in [0.25, 0.3) is 16.6 Å². The average molecular weight is 1270 g/mol. The van der Waals surface area contributed by atoms with E-state index in [1.165, 1.54) is 20.7 Å². The topological polar surface area (TPSA) is 159 Å². The number of benzene rings is 4. The number of aliphatic hydroxyl groups excluding tert-OH is 1. The van der Waals surface area contributed by atoms with E-state index in [0.717, 1.165) is 0 Å². The third kappa shape index (κ3) is 13.8. The highest BCUT2D eigenvalue weighted by Crippen LogP contribution is 2.43. The Morgan fingerprint density at radius 3 is 0.917 bits per heavy atom. The van der Waals surface area contributed by atoms with E-state index in [-0.39, 0.29) is 71.9 Å². The molecule has 464 valence electrons. The molecule has 5 aliphatic rings. The first kappa shape index (κ1) is 66.8. The second-order valence-electron chi connectivity index (χ2n) is 25.5. The van der Waals surface area contributed by atoms with Gasteiger partial charge in [-0.2, -0.15) is 0 Å². The molecule has 0 aliphatic carbocycles. The first-order valence-electron chi connectivity index (χ1n) is 29.6. The molecular formula is C62H92O16P4Si2. The maximum atomic E-state index is 11.1. The normalized spacial score (nSPS) is 34.9. The lowest BCUT2D eigenvalue weighted by atomic mass is 10.0. The minimum atomic E-state index is -2.86. The molecule has 5 aliphatic heterocycles. The smallest absolute Gasteiger partial charge is 0.261 e. The van der Waals surface area contributed by atoms with E-state index < -0.39 is 96.7 Å². The van der Waals surface area contributed by atoms with Gasteiger partial charge in [0.1, 0.15) is 30.5 Å². The van der Waals surface area contributed by atoms with E-state index in [2.05, 4.69) is 190 Å². The molecule has 4 aromatic rings. The Balaban J connectivity index is 0.789. The van der Waals surface area contributed by atoms with Crippen LogP contribution in [0.3, 0.4) is 0 Å². The van der Waals surface area contributed by atoms with Crippen LogP contribution in [-0.4, -0.2) is 147 Å². The quantitative estimate of drug-likeness (QED) is 0.0501. The van der Waals surface area contributed by atoms with Crippen molar-refractivity contribution in [3.05, 3.63) is 121 Å². The molecule has 16 nitrogen and oxygen atoms in total. The maximum absolute atomic E-state index is 11.1. The fourth-order valence-electron chi connectivity index (χ4n) is 13.5. The summed E-state index contributed by atoms with van der Waals surface area (Å²) in [4.78, 5) is 0. The summed E-state index contributed by atoms with van der Waals surface area (Å²) >= 11 is 0. The number of hydrogen-bond donors (Lipinski definition) is 1. The molecule has 0 amide bonds. The SMILES string of the molecule is CC1C(O)OC(COC2OC(COC3OC(CO[Si](c4ccccc4)(c4ccccc4)C(C)(C)C)C(OP)C3C)C(OP)C2C)C1OC1OC(COC2OC(CO[Si](c3ccccc3)(c3ccccc3)C(C)(C)C)C(OP)C2C)C(OP)C1C. The van der Waals surface area contributed by atoms with Gasteiger partial charge in [0, 0.05) is 67.5 Å². The molecule has 84 heavy (non-hydrogen) atoms. The van der Waals surface area contributed by atoms with Crippen molar-refractivity contribution in [1.29, 1.82) is 0 Å². The second-order valence-corrected chi connectivity index (χ2v) is 35.2. The second kappa shape index (κ2) is 29.1. The van der Waals surface area contributed by atoms with Crippen molar-refractivity contribution < 1.29 is 74.7 Å². The van der Waals surface area contributed by atoms with Crippen LogP contribution in [0, 0.1) is 29.6 Å². The molecule has 1 N–H and O–H groups in total. The van der Waals surface area contributed by atoms with Crippen LogP contribution in [0.15, 0.2) is 121 Å². The predicted molar refractivity (Wildman–Crippen MR) is 340 cm³/mol. The van der Waals surface area contributed by atoms with Crippen LogP contribution in [0.4, 0.5) is 0 Å². The first-order valence-corrected chi connectivity index (χ1v) is 35.3. The zero-order valence-corrected chi connectivity index (χ0v) is 57.1. The fourth-order valence-corrected chi connectivity index (χ4v) is 24.3. The Hall–Kier alpha value is -1.61. The van der Waals surface area contributed by atoms with Gasteiger partial charge in [-0.25, -0.2) is 0 Å². The molecule has 24 unspecified atom stereocenters. The monoisotopic (exact) mass is 1270 g/mol. The number of hydrogen-bond acceptors (Lipinski definition) is 16. The minimum Gasteiger partial charge on any atom is -0.405 e. The molecule has 5 heterocycles. The van der Waals surface area contributed by atoms with Gasteiger partial charge < -0.3 is 74.7 Å². The summed E-state index contributed by atoms with van der Waals surface area (Å²) in [7, 11) is 3.91. The van der Waals surface area contributed by atoms with Crippen molar-refractivity contribution in [2.75, 3.05) is 33.0 Å². The molecule has 5 fully saturated rings. The number of aliphatic hydroxyl groups is 1. The van der Waals surface area contributed by atoms with Gasteiger partial charge in [-0.3, -0.25) is 0 Å². The van der Waals surface area contributed by atoms with Crippen LogP contribution < -0.4 is 20.7 Å². The molecule has 0 aromatic heterocycles. The summed E-state index contributed by atoms with van der Waals surface area (Å²) < 4.78 is 97.7. The largest absolute Gasteiger partial charge is 0.405 e. The van der Waals surface area contributed by atoms with Gasteiger partial charge >= 0.3 is 0 Å². The van der Waals surface area contributed by atoms with Crippen molar-refractivity contribution in [2.24, 2.45) is 29.6 Å². The molecule has 0 bridgehead atoms. The standard InChI is InChI=1S/C62H92O16P4Si2/c1-37-51(74-60-41(5)55(78-82)48(73-60)34-66-59-40(4)54(77-81)50(72-59)36-68-84(62(9,10)11,44-28-20-14-21-29-44)45-30-22-15-23-31-45)46(69-56(37)63)32-64-57-38(2)52(75-79)47(70-57)33-65-58-39(3)53(76-80)49(71-58)35-67-83(61(6,7)8,42-24-16-12-17-25-42)43-26-18-13-19-27-43/h12-31,37-41,46-60,63H,32-36,79-82H2,1-11H3. The van der Waals surface area contributed by atoms with Crippen LogP contribution in [-0.2, 0) is 69.6 Å². The minimum absolute atomic E-state index is 0.0647. The van der Waals surface area contributed by atoms with Gasteiger partial charge in [0.15, 0.2) is 31.5 Å². The van der Waals surface area contributed by atoms with E-state index in [9.17, 15) is 5.11 Å². The van der Waals surface area contributed by atoms with Gasteiger partial charge in [-0.1, -0.05) is 197 Å². The Labute approximate surface area is 510 Å². The van der Waals surface area contributed by atoms with E-state index in [0.29, 0.717) is 13.2 Å². The highest BCUT2D eigenvalue weighted by molar-refractivity contribution is 7.10. The van der Waals surface area contributed by atoms with E-state index in [4.69, 9.17) is 69.6 Å². The van der Waals surface area contributed by atoms with Crippen LogP contribution in [0.2, 0.25) is 10.1 Å². The van der Waals surface area contributed by atoms with E-state index in [1.807, 2.05) is 45.0 Å². The summed E-state index contributed by atoms with van der Waals surface area (Å²) in [5.74, 6) is -1.12. The van der Waals surface area contributed by atoms with Crippen LogP contribution in [0.1, 0.15) is 76.2 Å². The van der Waals surface area contributed by atoms with Crippen molar-refractivity contribution in [3.8, 4) is 0 Å². The fraction of sp³-hybridized carbons (Fsp3) is 0.613. The zero-order valence-electron chi connectivity index (χ0n) is 50.5. The molecule has 0 radical (unpaired) electrons. The van der Waals surface area contributed by atoms with Gasteiger partial charge in [0.05, 0.1) is 63.6 Å². The Morgan fingerprint density at radius 2 is 0.631 bits per heavy atom. The highest BCUT2D eigenvalue weighted by Gasteiger charge is 2.56. The molecule has 9 rings (SSSR count). The zero-order chi connectivity index (χ0) is 60.1. The molecule has 24 atom stereocenters. The predicted octanol–water partition coefficient (Wildman–Crippen LogP) is 8.07. The van der Waals surface area contributed by atoms with Crippen molar-refractivity contribution in [3.63, 3.8) is 0 Å². The summed E-state index contributed by atoms with van der Waals surface area (Å²) in [6.45, 7) is 24.6. The van der Waals surface area contributed by atoms with Gasteiger partial charge in [-0.05, 0) is 30.8 Å². The molecule has 5 saturated heterocycles. The summed E-state index contributed by atoms with van der Waals surface area (Å²) in [6, 6.07) is 42.3. The first-order chi connectivity index (χ1) is 40.2. The van der Waals surface area contributed by atoms with E-state index in [1.54, 1.807) is 0 Å². The molecule has 0 saturated carbocycles. The van der Waals surface area contributed by atoms with Crippen LogP contribution in [0.5, 0.6) is 0 Å². The summed E-state index contributed by atoms with van der Waals surface area (Å²) in [6.07, 6.45) is -8.24. The Morgan fingerprint density at radius 1 is 0.369 bits per heavy atom. The Bertz CT molecular complexity index is 2560. The number of ether oxygens (including phenoxy) is 9. The molecule has 0 spiro atoms. The van der Waals surface area contributed by atoms with Crippen LogP contribution >= 0.6 is 37.9 Å². The number of rotatable bonds is 25. The molecular weight excluding hydrogens is 1180 g/mol. The lowest BCUT2D eigenvalue weighted by molar-refractivity contribution is -0.225. The highest BCUT2D eigenvalue weighted by atomic mass is 31.0. The van der Waals surface area contributed by atoms with Gasteiger partial charge in [0.2, 0.25) is 0 Å². The maximum Gasteiger partial charge on any atom is 0.261 e. The van der Waals surface area contributed by atoms with Crippen molar-refractivity contribution in [1.82, 2.24) is 0 Å². The average Bonchev–Trinajstić information content (AvgIpc) is 1.54. The van der Waals surface area contributed by atoms with Gasteiger partial charge in [-0.15, -0.1) is 0 Å². The van der Waals surface area contributed by atoms with Crippen molar-refractivity contribution >= 4 is 75.2 Å². The lowest BCUT2D eigenvalue weighted by Crippen LogP contribution is -2.67. The summed E-state index contributed by atoms with van der Waals surface area (Å²) in [5.41, 5.74) is 0. The third-order valence-corrected chi connectivity index (χ3v) is 29.4. The lowest BCUT2D eigenvalue weighted by Gasteiger charge is -2.43. The van der Waals surface area contributed by atoms with Crippen molar-refractivity contribution in [2.45, 2.75) is 179 Å². The van der Waals surface area contributed by atoms with E-state index >= 15 is 0 Å². The molecule has 4 aromatic carbocycles. The third-order valence-electron chi connectivity index (χ3n) is 18.1. The molecule has 22 heteroatoms.